The van der Waals surface area contributed by atoms with Gasteiger partial charge < -0.3 is 0 Å². The van der Waals surface area contributed by atoms with E-state index in [0.29, 0.717) is 0 Å². The molecular weight excluding hydrogens is 213 g/mol. The number of halogens is 1. The third-order valence-corrected chi connectivity index (χ3v) is 1.86. The molecule has 0 atom stereocenters. The van der Waals surface area contributed by atoms with Gasteiger partial charge >= 0.3 is 0 Å². The van der Waals surface area contributed by atoms with Gasteiger partial charge in [-0.3, -0.25) is 0 Å². The first-order chi connectivity index (χ1) is 3.81. The summed E-state index contributed by atoms with van der Waals surface area (Å²) < 4.78 is 4.01. The third-order valence-electron chi connectivity index (χ3n) is 1.04. The maximum absolute atomic E-state index is 4.01. The molecule has 0 aliphatic heterocycles. The van der Waals surface area contributed by atoms with Crippen molar-refractivity contribution < 1.29 is 0 Å². The van der Waals surface area contributed by atoms with Gasteiger partial charge in [0.2, 0.25) is 0 Å². The monoisotopic (exact) mass is 225 g/mol. The molecule has 8 heavy (non-hydrogen) atoms. The molecule has 0 rings (SSSR count). The highest BCUT2D eigenvalue weighted by molar-refractivity contribution is 14.1. The van der Waals surface area contributed by atoms with E-state index in [1.807, 2.05) is 22.9 Å². The molecule has 0 aliphatic carbocycles. The largest absolute Gasteiger partial charge is 0.224 e. The van der Waals surface area contributed by atoms with E-state index in [0.717, 1.165) is 0 Å². The highest BCUT2D eigenvalue weighted by Crippen LogP contribution is 1.98. The number of hydrogen-bond donors (Lipinski definition) is 0. The topological polar surface area (TPSA) is 12.4 Å². The molecule has 0 radical (unpaired) electrons. The molecule has 0 N–H and O–H groups in total. The van der Waals surface area contributed by atoms with Crippen molar-refractivity contribution in [2.75, 3.05) is 0 Å². The van der Waals surface area contributed by atoms with Gasteiger partial charge in [-0.15, -0.1) is 0 Å². The molecule has 0 aromatic carbocycles. The summed E-state index contributed by atoms with van der Waals surface area (Å²) in [6, 6.07) is 0. The van der Waals surface area contributed by atoms with Gasteiger partial charge in [0.25, 0.3) is 0 Å². The van der Waals surface area contributed by atoms with Crippen molar-refractivity contribution in [1.29, 1.82) is 0 Å². The molecule has 2 heteroatoms. The molecular formula is C6H12IN. The Balaban J connectivity index is 3.12. The minimum absolute atomic E-state index is 1.17. The molecule has 0 heterocycles. The van der Waals surface area contributed by atoms with Crippen molar-refractivity contribution in [3.05, 3.63) is 0 Å². The summed E-state index contributed by atoms with van der Waals surface area (Å²) >= 11 is 2.04. The quantitative estimate of drug-likeness (QED) is 0.517. The number of rotatable bonds is 3. The first kappa shape index (κ1) is 8.40. The van der Waals surface area contributed by atoms with Crippen molar-refractivity contribution in [2.45, 2.75) is 33.1 Å². The highest BCUT2D eigenvalue weighted by atomic mass is 127. The van der Waals surface area contributed by atoms with Crippen LogP contribution in [0.15, 0.2) is 3.21 Å². The van der Waals surface area contributed by atoms with Crippen LogP contribution in [0.4, 0.5) is 0 Å². The Labute approximate surface area is 65.1 Å². The van der Waals surface area contributed by atoms with E-state index in [2.05, 4.69) is 17.1 Å². The van der Waals surface area contributed by atoms with Gasteiger partial charge in [-0.1, -0.05) is 13.3 Å². The Kier molecular flexibility index (Phi) is 5.81. The van der Waals surface area contributed by atoms with Crippen LogP contribution in [0.3, 0.4) is 0 Å². The maximum Gasteiger partial charge on any atom is 0.0830 e. The first-order valence-electron chi connectivity index (χ1n) is 2.95. The van der Waals surface area contributed by atoms with Crippen LogP contribution in [-0.4, -0.2) is 5.71 Å². The molecule has 0 bridgehead atoms. The number of unbranched alkanes of at least 4 members (excludes halogenated alkanes) is 1. The van der Waals surface area contributed by atoms with E-state index in [-0.39, 0.29) is 0 Å². The van der Waals surface area contributed by atoms with Gasteiger partial charge in [-0.05, 0) is 19.8 Å². The van der Waals surface area contributed by atoms with Crippen molar-refractivity contribution in [3.8, 4) is 0 Å². The summed E-state index contributed by atoms with van der Waals surface area (Å²) in [5.41, 5.74) is 1.26. The molecule has 48 valence electrons. The molecule has 0 aliphatic rings. The van der Waals surface area contributed by atoms with Crippen LogP contribution in [0.2, 0.25) is 0 Å². The Morgan fingerprint density at radius 2 is 2.25 bits per heavy atom. The molecule has 0 saturated heterocycles. The zero-order chi connectivity index (χ0) is 6.41. The molecule has 0 spiro atoms. The fourth-order valence-electron chi connectivity index (χ4n) is 0.475. The fraction of sp³-hybridized carbons (Fsp3) is 0.833. The standard InChI is InChI=1S/C6H12IN/c1-3-4-5-6(2)8-7/h3-5H2,1-2H3/b8-6-. The Morgan fingerprint density at radius 3 is 2.62 bits per heavy atom. The lowest BCUT2D eigenvalue weighted by atomic mass is 10.2. The zero-order valence-electron chi connectivity index (χ0n) is 5.45. The summed E-state index contributed by atoms with van der Waals surface area (Å²) in [5, 5.41) is 0. The SMILES string of the molecule is CCCC/C(C)=N\I. The second kappa shape index (κ2) is 5.54. The predicted molar refractivity (Wildman–Crippen MR) is 46.7 cm³/mol. The van der Waals surface area contributed by atoms with Crippen molar-refractivity contribution in [1.82, 2.24) is 0 Å². The van der Waals surface area contributed by atoms with Crippen LogP contribution in [0.25, 0.3) is 0 Å². The molecule has 1 nitrogen and oxygen atoms in total. The van der Waals surface area contributed by atoms with Gasteiger partial charge in [-0.2, -0.15) is 0 Å². The van der Waals surface area contributed by atoms with E-state index in [1.54, 1.807) is 0 Å². The minimum atomic E-state index is 1.17. The molecule has 0 aromatic heterocycles. The van der Waals surface area contributed by atoms with Crippen LogP contribution < -0.4 is 0 Å². The Hall–Kier alpha value is 0.400. The maximum atomic E-state index is 4.01. The molecule has 0 unspecified atom stereocenters. The van der Waals surface area contributed by atoms with Gasteiger partial charge in [0.1, 0.15) is 0 Å². The Morgan fingerprint density at radius 1 is 1.62 bits per heavy atom. The van der Waals surface area contributed by atoms with Crippen molar-refractivity contribution >= 4 is 28.6 Å². The van der Waals surface area contributed by atoms with E-state index in [1.165, 1.54) is 25.0 Å². The van der Waals surface area contributed by atoms with Gasteiger partial charge in [0.15, 0.2) is 0 Å². The van der Waals surface area contributed by atoms with Crippen LogP contribution in [0.5, 0.6) is 0 Å². The fourth-order valence-corrected chi connectivity index (χ4v) is 0.716. The normalized spacial score (nSPS) is 12.1. The van der Waals surface area contributed by atoms with Crippen LogP contribution in [-0.2, 0) is 0 Å². The van der Waals surface area contributed by atoms with Crippen molar-refractivity contribution in [2.24, 2.45) is 3.21 Å². The lowest BCUT2D eigenvalue weighted by Gasteiger charge is -1.92. The zero-order valence-corrected chi connectivity index (χ0v) is 7.60. The van der Waals surface area contributed by atoms with E-state index in [4.69, 9.17) is 0 Å². The van der Waals surface area contributed by atoms with Crippen molar-refractivity contribution in [3.63, 3.8) is 0 Å². The van der Waals surface area contributed by atoms with Crippen LogP contribution in [0.1, 0.15) is 33.1 Å². The van der Waals surface area contributed by atoms with Gasteiger partial charge in [0.05, 0.1) is 22.9 Å². The molecule has 0 fully saturated rings. The molecule has 0 amide bonds. The lowest BCUT2D eigenvalue weighted by Crippen LogP contribution is -1.86. The van der Waals surface area contributed by atoms with E-state index < -0.39 is 0 Å². The van der Waals surface area contributed by atoms with E-state index in [9.17, 15) is 0 Å². The summed E-state index contributed by atoms with van der Waals surface area (Å²) in [6.07, 6.45) is 3.71. The lowest BCUT2D eigenvalue weighted by molar-refractivity contribution is 0.835. The summed E-state index contributed by atoms with van der Waals surface area (Å²) in [6.45, 7) is 4.27. The van der Waals surface area contributed by atoms with E-state index >= 15 is 0 Å². The van der Waals surface area contributed by atoms with Crippen LogP contribution >= 0.6 is 22.9 Å². The van der Waals surface area contributed by atoms with Gasteiger partial charge in [0, 0.05) is 5.71 Å². The molecule has 0 saturated carbocycles. The second-order valence-corrected chi connectivity index (χ2v) is 2.41. The predicted octanol–water partition coefficient (Wildman–Crippen LogP) is 2.99. The van der Waals surface area contributed by atoms with Gasteiger partial charge in [-0.25, -0.2) is 3.21 Å². The third kappa shape index (κ3) is 4.56. The average molecular weight is 225 g/mol. The smallest absolute Gasteiger partial charge is 0.0830 e. The summed E-state index contributed by atoms with van der Waals surface area (Å²) in [4.78, 5) is 0. The summed E-state index contributed by atoms with van der Waals surface area (Å²) in [7, 11) is 0. The first-order valence-corrected chi connectivity index (χ1v) is 3.92. The Bertz CT molecular complexity index is 78.6. The highest BCUT2D eigenvalue weighted by Gasteiger charge is 1.86. The second-order valence-electron chi connectivity index (χ2n) is 1.92. The minimum Gasteiger partial charge on any atom is -0.224 e. The number of nitrogens with zero attached hydrogens (tertiary/aromatic N) is 1. The van der Waals surface area contributed by atoms with Crippen LogP contribution in [0, 0.1) is 0 Å². The molecule has 0 aromatic rings. The average Bonchev–Trinajstić information content (AvgIpc) is 1.83. The summed E-state index contributed by atoms with van der Waals surface area (Å²) in [5.74, 6) is 0. The number of hydrogen-bond acceptors (Lipinski definition) is 1.